The molecule has 4 heteroatoms. The summed E-state index contributed by atoms with van der Waals surface area (Å²) in [6, 6.07) is 8.00. The lowest BCUT2D eigenvalue weighted by molar-refractivity contribution is 0.0390. The van der Waals surface area contributed by atoms with Crippen LogP contribution in [0.15, 0.2) is 29.4 Å². The number of benzene rings is 1. The number of aliphatic hydroxyl groups is 1. The Labute approximate surface area is 94.5 Å². The van der Waals surface area contributed by atoms with Gasteiger partial charge in [0.25, 0.3) is 0 Å². The lowest BCUT2D eigenvalue weighted by atomic mass is 10.0. The van der Waals surface area contributed by atoms with E-state index in [1.807, 2.05) is 24.3 Å². The zero-order valence-electron chi connectivity index (χ0n) is 9.22. The van der Waals surface area contributed by atoms with Gasteiger partial charge in [0.05, 0.1) is 18.9 Å². The van der Waals surface area contributed by atoms with Gasteiger partial charge in [-0.05, 0) is 17.2 Å². The van der Waals surface area contributed by atoms with Crippen molar-refractivity contribution >= 4 is 5.71 Å². The molecule has 0 fully saturated rings. The average molecular weight is 221 g/mol. The van der Waals surface area contributed by atoms with Gasteiger partial charge in [0.1, 0.15) is 0 Å². The molecule has 0 aliphatic carbocycles. The van der Waals surface area contributed by atoms with E-state index >= 15 is 0 Å². The summed E-state index contributed by atoms with van der Waals surface area (Å²) in [6.45, 7) is 0.593. The number of methoxy groups -OCH3 is 1. The van der Waals surface area contributed by atoms with E-state index in [1.54, 1.807) is 7.11 Å². The molecule has 0 amide bonds. The number of aliphatic hydroxyl groups excluding tert-OH is 1. The third kappa shape index (κ3) is 2.40. The van der Waals surface area contributed by atoms with E-state index in [0.717, 1.165) is 16.8 Å². The van der Waals surface area contributed by atoms with Crippen molar-refractivity contribution in [1.82, 2.24) is 0 Å². The molecule has 1 aliphatic rings. The van der Waals surface area contributed by atoms with E-state index in [0.29, 0.717) is 13.0 Å². The molecule has 86 valence electrons. The average Bonchev–Trinajstić information content (AvgIpc) is 2.78. The maximum absolute atomic E-state index is 8.95. The second-order valence-electron chi connectivity index (χ2n) is 3.79. The fourth-order valence-electron chi connectivity index (χ4n) is 1.70. The third-order valence-electron chi connectivity index (χ3n) is 2.51. The Morgan fingerprint density at radius 1 is 1.56 bits per heavy atom. The van der Waals surface area contributed by atoms with Gasteiger partial charge in [-0.2, -0.15) is 0 Å². The van der Waals surface area contributed by atoms with Gasteiger partial charge in [0.15, 0.2) is 6.10 Å². The van der Waals surface area contributed by atoms with Crippen LogP contribution in [0.4, 0.5) is 0 Å². The van der Waals surface area contributed by atoms with Crippen molar-refractivity contribution in [3.05, 3.63) is 35.4 Å². The quantitative estimate of drug-likeness (QED) is 0.834. The zero-order chi connectivity index (χ0) is 11.4. The van der Waals surface area contributed by atoms with Crippen molar-refractivity contribution in [2.45, 2.75) is 19.1 Å². The molecule has 1 heterocycles. The Bertz CT molecular complexity index is 390. The lowest BCUT2D eigenvalue weighted by Crippen LogP contribution is -2.12. The van der Waals surface area contributed by atoms with Crippen molar-refractivity contribution in [2.75, 3.05) is 13.7 Å². The van der Waals surface area contributed by atoms with E-state index in [1.165, 1.54) is 0 Å². The fraction of sp³-hybridized carbons (Fsp3) is 0.417. The first-order valence-corrected chi connectivity index (χ1v) is 5.25. The van der Waals surface area contributed by atoms with Crippen molar-refractivity contribution < 1.29 is 14.7 Å². The molecule has 1 aromatic rings. The van der Waals surface area contributed by atoms with Crippen LogP contribution in [0.5, 0.6) is 0 Å². The molecule has 0 aromatic heterocycles. The monoisotopic (exact) mass is 221 g/mol. The summed E-state index contributed by atoms with van der Waals surface area (Å²) in [5, 5.41) is 12.9. The molecule has 0 bridgehead atoms. The molecule has 1 unspecified atom stereocenters. The van der Waals surface area contributed by atoms with Crippen LogP contribution in [0, 0.1) is 0 Å². The van der Waals surface area contributed by atoms with E-state index in [-0.39, 0.29) is 12.7 Å². The highest BCUT2D eigenvalue weighted by Gasteiger charge is 2.21. The van der Waals surface area contributed by atoms with Gasteiger partial charge in [0.2, 0.25) is 0 Å². The topological polar surface area (TPSA) is 51.0 Å². The van der Waals surface area contributed by atoms with E-state index in [2.05, 4.69) is 5.16 Å². The van der Waals surface area contributed by atoms with Crippen LogP contribution in [0.1, 0.15) is 17.5 Å². The van der Waals surface area contributed by atoms with E-state index in [4.69, 9.17) is 14.7 Å². The molecule has 0 saturated heterocycles. The highest BCUT2D eigenvalue weighted by molar-refractivity contribution is 6.01. The van der Waals surface area contributed by atoms with Crippen LogP contribution in [0.25, 0.3) is 0 Å². The molecule has 0 radical (unpaired) electrons. The summed E-state index contributed by atoms with van der Waals surface area (Å²) in [6.07, 6.45) is 0.466. The van der Waals surface area contributed by atoms with E-state index < -0.39 is 0 Å². The summed E-state index contributed by atoms with van der Waals surface area (Å²) in [5.41, 5.74) is 3.03. The number of hydrogen-bond acceptors (Lipinski definition) is 4. The van der Waals surface area contributed by atoms with Gasteiger partial charge in [-0.25, -0.2) is 0 Å². The molecule has 0 spiro atoms. The van der Waals surface area contributed by atoms with Gasteiger partial charge >= 0.3 is 0 Å². The van der Waals surface area contributed by atoms with Gasteiger partial charge in [-0.15, -0.1) is 0 Å². The maximum atomic E-state index is 8.95. The van der Waals surface area contributed by atoms with Crippen molar-refractivity contribution in [1.29, 1.82) is 0 Å². The summed E-state index contributed by atoms with van der Waals surface area (Å²) in [5.74, 6) is 0. The Balaban J connectivity index is 2.12. The highest BCUT2D eigenvalue weighted by Crippen LogP contribution is 2.17. The normalized spacial score (nSPS) is 19.4. The molecule has 1 aliphatic heterocycles. The van der Waals surface area contributed by atoms with Crippen LogP contribution in [-0.2, 0) is 16.2 Å². The van der Waals surface area contributed by atoms with Crippen LogP contribution in [0.3, 0.4) is 0 Å². The molecule has 1 N–H and O–H groups in total. The fourth-order valence-corrected chi connectivity index (χ4v) is 1.70. The Hall–Kier alpha value is -1.39. The second-order valence-corrected chi connectivity index (χ2v) is 3.79. The molecule has 1 aromatic carbocycles. The molecule has 4 nitrogen and oxygen atoms in total. The standard InChI is InChI=1S/C12H15NO3/c1-15-8-9-3-2-4-10(5-9)12-6-11(7-14)16-13-12/h2-5,11,14H,6-8H2,1H3. The minimum Gasteiger partial charge on any atom is -0.392 e. The largest absolute Gasteiger partial charge is 0.392 e. The zero-order valence-corrected chi connectivity index (χ0v) is 9.22. The van der Waals surface area contributed by atoms with Gasteiger partial charge in [-0.3, -0.25) is 0 Å². The van der Waals surface area contributed by atoms with Gasteiger partial charge in [-0.1, -0.05) is 23.4 Å². The van der Waals surface area contributed by atoms with Gasteiger partial charge in [0, 0.05) is 13.5 Å². The highest BCUT2D eigenvalue weighted by atomic mass is 16.6. The molecule has 2 rings (SSSR count). The Kier molecular flexibility index (Phi) is 3.54. The number of ether oxygens (including phenoxy) is 1. The number of oxime groups is 1. The number of rotatable bonds is 4. The molecular weight excluding hydrogens is 206 g/mol. The van der Waals surface area contributed by atoms with Crippen molar-refractivity contribution in [3.63, 3.8) is 0 Å². The SMILES string of the molecule is COCc1cccc(C2=NOC(CO)C2)c1. The minimum absolute atomic E-state index is 0.00472. The summed E-state index contributed by atoms with van der Waals surface area (Å²) >= 11 is 0. The molecule has 16 heavy (non-hydrogen) atoms. The predicted molar refractivity (Wildman–Crippen MR) is 60.3 cm³/mol. The predicted octanol–water partition coefficient (Wildman–Crippen LogP) is 1.32. The third-order valence-corrected chi connectivity index (χ3v) is 2.51. The van der Waals surface area contributed by atoms with Crippen LogP contribution < -0.4 is 0 Å². The molecule has 1 atom stereocenters. The van der Waals surface area contributed by atoms with Gasteiger partial charge < -0.3 is 14.7 Å². The van der Waals surface area contributed by atoms with Crippen molar-refractivity contribution in [3.8, 4) is 0 Å². The Morgan fingerprint density at radius 3 is 3.12 bits per heavy atom. The smallest absolute Gasteiger partial charge is 0.156 e. The van der Waals surface area contributed by atoms with Crippen LogP contribution >= 0.6 is 0 Å². The minimum atomic E-state index is -0.193. The summed E-state index contributed by atoms with van der Waals surface area (Å²) in [7, 11) is 1.67. The first kappa shape index (κ1) is 11.1. The maximum Gasteiger partial charge on any atom is 0.156 e. The van der Waals surface area contributed by atoms with Crippen molar-refractivity contribution in [2.24, 2.45) is 5.16 Å². The Morgan fingerprint density at radius 2 is 2.44 bits per heavy atom. The van der Waals surface area contributed by atoms with E-state index in [9.17, 15) is 0 Å². The molecular formula is C12H15NO3. The first-order chi connectivity index (χ1) is 7.83. The molecule has 0 saturated carbocycles. The van der Waals surface area contributed by atoms with Crippen LogP contribution in [0.2, 0.25) is 0 Å². The lowest BCUT2D eigenvalue weighted by Gasteiger charge is -2.04. The summed E-state index contributed by atoms with van der Waals surface area (Å²) < 4.78 is 5.08. The number of nitrogens with zero attached hydrogens (tertiary/aromatic N) is 1. The van der Waals surface area contributed by atoms with Crippen LogP contribution in [-0.4, -0.2) is 30.6 Å². The number of hydrogen-bond donors (Lipinski definition) is 1. The first-order valence-electron chi connectivity index (χ1n) is 5.25. The summed E-state index contributed by atoms with van der Waals surface area (Å²) in [4.78, 5) is 5.08. The second kappa shape index (κ2) is 5.09.